The van der Waals surface area contributed by atoms with Crippen molar-refractivity contribution < 1.29 is 0 Å². The van der Waals surface area contributed by atoms with Crippen LogP contribution in [0.1, 0.15) is 23.3 Å². The van der Waals surface area contributed by atoms with E-state index >= 15 is 0 Å². The third-order valence-corrected chi connectivity index (χ3v) is 4.86. The SMILES string of the molecule is CC(SCc1ccc2ccccc2c1)c1ccccc1. The molecule has 0 heterocycles. The molecule has 100 valence electrons. The molecule has 1 unspecified atom stereocenters. The molecule has 0 saturated carbocycles. The zero-order valence-corrected chi connectivity index (χ0v) is 12.4. The second-order valence-corrected chi connectivity index (χ2v) is 6.37. The minimum atomic E-state index is 0.530. The first-order valence-electron chi connectivity index (χ1n) is 6.97. The van der Waals surface area contributed by atoms with Crippen molar-refractivity contribution >= 4 is 22.5 Å². The summed E-state index contributed by atoms with van der Waals surface area (Å²) in [6.07, 6.45) is 0. The number of hydrogen-bond donors (Lipinski definition) is 0. The Bertz CT molecular complexity index is 688. The van der Waals surface area contributed by atoms with Crippen LogP contribution in [-0.2, 0) is 5.75 Å². The van der Waals surface area contributed by atoms with Crippen LogP contribution < -0.4 is 0 Å². The van der Waals surface area contributed by atoms with E-state index in [-0.39, 0.29) is 0 Å². The maximum absolute atomic E-state index is 2.31. The quantitative estimate of drug-likeness (QED) is 0.578. The summed E-state index contributed by atoms with van der Waals surface area (Å²) in [5.74, 6) is 1.06. The first kappa shape index (κ1) is 13.3. The minimum Gasteiger partial charge on any atom is -0.149 e. The Hall–Kier alpha value is -1.73. The molecule has 0 fully saturated rings. The first-order chi connectivity index (χ1) is 9.83. The van der Waals surface area contributed by atoms with E-state index in [2.05, 4.69) is 79.7 Å². The summed E-state index contributed by atoms with van der Waals surface area (Å²) in [6.45, 7) is 2.28. The van der Waals surface area contributed by atoms with Crippen LogP contribution in [0.2, 0.25) is 0 Å². The van der Waals surface area contributed by atoms with Gasteiger partial charge in [0.15, 0.2) is 0 Å². The van der Waals surface area contributed by atoms with Crippen molar-refractivity contribution in [2.45, 2.75) is 17.9 Å². The summed E-state index contributed by atoms with van der Waals surface area (Å²) in [6, 6.07) is 26.0. The average Bonchev–Trinajstić information content (AvgIpc) is 2.53. The van der Waals surface area contributed by atoms with Crippen molar-refractivity contribution in [3.05, 3.63) is 83.9 Å². The van der Waals surface area contributed by atoms with Gasteiger partial charge in [-0.3, -0.25) is 0 Å². The summed E-state index contributed by atoms with van der Waals surface area (Å²) < 4.78 is 0. The third kappa shape index (κ3) is 3.05. The number of thioether (sulfide) groups is 1. The lowest BCUT2D eigenvalue weighted by atomic mass is 10.1. The summed E-state index contributed by atoms with van der Waals surface area (Å²) in [5, 5.41) is 3.18. The van der Waals surface area contributed by atoms with Gasteiger partial charge in [0.25, 0.3) is 0 Å². The Balaban J connectivity index is 1.70. The third-order valence-electron chi connectivity index (χ3n) is 3.58. The van der Waals surface area contributed by atoms with Crippen LogP contribution in [0.5, 0.6) is 0 Å². The maximum Gasteiger partial charge on any atom is 0.0272 e. The fraction of sp³-hybridized carbons (Fsp3) is 0.158. The lowest BCUT2D eigenvalue weighted by Crippen LogP contribution is -1.89. The topological polar surface area (TPSA) is 0 Å². The highest BCUT2D eigenvalue weighted by atomic mass is 32.2. The van der Waals surface area contributed by atoms with Crippen molar-refractivity contribution in [3.63, 3.8) is 0 Å². The lowest BCUT2D eigenvalue weighted by Gasteiger charge is -2.12. The normalized spacial score (nSPS) is 12.4. The van der Waals surface area contributed by atoms with Crippen LogP contribution >= 0.6 is 11.8 Å². The van der Waals surface area contributed by atoms with Crippen molar-refractivity contribution in [3.8, 4) is 0 Å². The Morgan fingerprint density at radius 1 is 0.800 bits per heavy atom. The Kier molecular flexibility index (Phi) is 4.08. The van der Waals surface area contributed by atoms with Gasteiger partial charge in [-0.2, -0.15) is 0 Å². The van der Waals surface area contributed by atoms with Crippen LogP contribution in [0.4, 0.5) is 0 Å². The predicted octanol–water partition coefficient (Wildman–Crippen LogP) is 5.83. The van der Waals surface area contributed by atoms with Crippen molar-refractivity contribution in [1.29, 1.82) is 0 Å². The zero-order valence-electron chi connectivity index (χ0n) is 11.6. The van der Waals surface area contributed by atoms with Crippen LogP contribution in [-0.4, -0.2) is 0 Å². The van der Waals surface area contributed by atoms with Crippen LogP contribution in [0, 0.1) is 0 Å². The molecule has 0 aromatic heterocycles. The van der Waals surface area contributed by atoms with E-state index in [1.165, 1.54) is 21.9 Å². The molecule has 0 N–H and O–H groups in total. The Morgan fingerprint density at radius 3 is 2.30 bits per heavy atom. The standard InChI is InChI=1S/C19H18S/c1-15(17-7-3-2-4-8-17)20-14-16-11-12-18-9-5-6-10-19(18)13-16/h2-13,15H,14H2,1H3. The van der Waals surface area contributed by atoms with Gasteiger partial charge >= 0.3 is 0 Å². The summed E-state index contributed by atoms with van der Waals surface area (Å²) in [7, 11) is 0. The maximum atomic E-state index is 2.31. The highest BCUT2D eigenvalue weighted by molar-refractivity contribution is 7.98. The molecule has 0 aliphatic rings. The largest absolute Gasteiger partial charge is 0.149 e. The second-order valence-electron chi connectivity index (χ2n) is 5.05. The summed E-state index contributed by atoms with van der Waals surface area (Å²) in [4.78, 5) is 0. The van der Waals surface area contributed by atoms with Crippen LogP contribution in [0.15, 0.2) is 72.8 Å². The van der Waals surface area contributed by atoms with Crippen molar-refractivity contribution in [2.24, 2.45) is 0 Å². The lowest BCUT2D eigenvalue weighted by molar-refractivity contribution is 1.09. The van der Waals surface area contributed by atoms with E-state index < -0.39 is 0 Å². The van der Waals surface area contributed by atoms with E-state index in [1.807, 2.05) is 11.8 Å². The average molecular weight is 278 g/mol. The molecule has 0 saturated heterocycles. The minimum absolute atomic E-state index is 0.530. The van der Waals surface area contributed by atoms with Gasteiger partial charge in [-0.15, -0.1) is 11.8 Å². The second kappa shape index (κ2) is 6.15. The smallest absolute Gasteiger partial charge is 0.0272 e. The molecule has 0 aliphatic carbocycles. The van der Waals surface area contributed by atoms with Crippen molar-refractivity contribution in [1.82, 2.24) is 0 Å². The van der Waals surface area contributed by atoms with Crippen LogP contribution in [0.3, 0.4) is 0 Å². The van der Waals surface area contributed by atoms with Gasteiger partial charge in [-0.25, -0.2) is 0 Å². The molecule has 1 heteroatoms. The van der Waals surface area contributed by atoms with E-state index in [0.717, 1.165) is 5.75 Å². The highest BCUT2D eigenvalue weighted by Crippen LogP contribution is 2.31. The molecule has 3 aromatic carbocycles. The van der Waals surface area contributed by atoms with Gasteiger partial charge < -0.3 is 0 Å². The van der Waals surface area contributed by atoms with E-state index in [1.54, 1.807) is 0 Å². The van der Waals surface area contributed by atoms with Gasteiger partial charge in [-0.1, -0.05) is 72.8 Å². The molecule has 0 spiro atoms. The summed E-state index contributed by atoms with van der Waals surface area (Å²) >= 11 is 1.99. The van der Waals surface area contributed by atoms with Crippen molar-refractivity contribution in [2.75, 3.05) is 0 Å². The van der Waals surface area contributed by atoms with Gasteiger partial charge in [0, 0.05) is 11.0 Å². The fourth-order valence-corrected chi connectivity index (χ4v) is 3.34. The first-order valence-corrected chi connectivity index (χ1v) is 8.02. The highest BCUT2D eigenvalue weighted by Gasteiger charge is 2.05. The molecule has 0 bridgehead atoms. The van der Waals surface area contributed by atoms with E-state index in [0.29, 0.717) is 5.25 Å². The van der Waals surface area contributed by atoms with Gasteiger partial charge in [0.1, 0.15) is 0 Å². The molecule has 3 rings (SSSR count). The van der Waals surface area contributed by atoms with Gasteiger partial charge in [0.2, 0.25) is 0 Å². The number of rotatable bonds is 4. The number of hydrogen-bond acceptors (Lipinski definition) is 1. The molecule has 1 atom stereocenters. The molecule has 3 aromatic rings. The molecule has 0 radical (unpaired) electrons. The molecule has 0 aliphatic heterocycles. The fourth-order valence-electron chi connectivity index (χ4n) is 2.37. The van der Waals surface area contributed by atoms with Gasteiger partial charge in [-0.05, 0) is 28.8 Å². The Morgan fingerprint density at radius 2 is 1.50 bits per heavy atom. The summed E-state index contributed by atoms with van der Waals surface area (Å²) in [5.41, 5.74) is 2.80. The van der Waals surface area contributed by atoms with E-state index in [4.69, 9.17) is 0 Å². The monoisotopic (exact) mass is 278 g/mol. The van der Waals surface area contributed by atoms with E-state index in [9.17, 15) is 0 Å². The molecular formula is C19H18S. The predicted molar refractivity (Wildman–Crippen MR) is 90.1 cm³/mol. The van der Waals surface area contributed by atoms with Gasteiger partial charge in [0.05, 0.1) is 0 Å². The number of fused-ring (bicyclic) bond motifs is 1. The number of benzene rings is 3. The zero-order chi connectivity index (χ0) is 13.8. The molecule has 20 heavy (non-hydrogen) atoms. The molecular weight excluding hydrogens is 260 g/mol. The molecule has 0 nitrogen and oxygen atoms in total. The Labute approximate surface area is 124 Å². The molecule has 0 amide bonds. The van der Waals surface area contributed by atoms with Crippen LogP contribution in [0.25, 0.3) is 10.8 Å².